The third-order valence-corrected chi connectivity index (χ3v) is 5.13. The number of hydrogen-bond donors (Lipinski definition) is 1. The standard InChI is InChI=1S/C17H21N7O3/c1-4-24-9-18-11-7-23(6-5-10(11)15(24)25)8-12-19-13-14(20-12)21(2)17(27)22(3)16(13)26/h9H,4-8H2,1-3H3,(H,19,20). The maximum Gasteiger partial charge on any atom is 0.332 e. The van der Waals surface area contributed by atoms with Crippen molar-refractivity contribution >= 4 is 11.2 Å². The van der Waals surface area contributed by atoms with Crippen LogP contribution >= 0.6 is 0 Å². The fourth-order valence-corrected chi connectivity index (χ4v) is 3.54. The fourth-order valence-electron chi connectivity index (χ4n) is 3.54. The fraction of sp³-hybridized carbons (Fsp3) is 0.471. The van der Waals surface area contributed by atoms with E-state index in [9.17, 15) is 14.4 Å². The molecule has 0 amide bonds. The summed E-state index contributed by atoms with van der Waals surface area (Å²) in [5.74, 6) is 0.605. The minimum absolute atomic E-state index is 0.0318. The van der Waals surface area contributed by atoms with Crippen molar-refractivity contribution in [3.63, 3.8) is 0 Å². The van der Waals surface area contributed by atoms with Gasteiger partial charge in [0, 0.05) is 39.3 Å². The molecule has 0 atom stereocenters. The van der Waals surface area contributed by atoms with E-state index in [4.69, 9.17) is 0 Å². The molecule has 1 aliphatic heterocycles. The van der Waals surface area contributed by atoms with Crippen LogP contribution in [0.2, 0.25) is 0 Å². The number of nitrogens with zero attached hydrogens (tertiary/aromatic N) is 6. The van der Waals surface area contributed by atoms with Crippen molar-refractivity contribution in [2.45, 2.75) is 33.0 Å². The molecule has 142 valence electrons. The molecule has 0 saturated carbocycles. The minimum Gasteiger partial charge on any atom is -0.335 e. The Balaban J connectivity index is 1.64. The van der Waals surface area contributed by atoms with Gasteiger partial charge in [-0.25, -0.2) is 14.8 Å². The number of H-pyrrole nitrogens is 1. The van der Waals surface area contributed by atoms with Gasteiger partial charge >= 0.3 is 5.69 Å². The Morgan fingerprint density at radius 3 is 2.67 bits per heavy atom. The number of aromatic nitrogens is 6. The molecule has 0 unspecified atom stereocenters. The second-order valence-corrected chi connectivity index (χ2v) is 6.81. The second kappa shape index (κ2) is 6.31. The van der Waals surface area contributed by atoms with Crippen molar-refractivity contribution < 1.29 is 0 Å². The summed E-state index contributed by atoms with van der Waals surface area (Å²) >= 11 is 0. The molecule has 0 radical (unpaired) electrons. The number of rotatable bonds is 3. The van der Waals surface area contributed by atoms with Crippen LogP contribution in [0.4, 0.5) is 0 Å². The van der Waals surface area contributed by atoms with Crippen molar-refractivity contribution in [1.29, 1.82) is 0 Å². The maximum absolute atomic E-state index is 12.4. The van der Waals surface area contributed by atoms with Gasteiger partial charge in [0.1, 0.15) is 11.3 Å². The first kappa shape index (κ1) is 17.4. The van der Waals surface area contributed by atoms with Crippen LogP contribution in [0.3, 0.4) is 0 Å². The first-order chi connectivity index (χ1) is 12.9. The van der Waals surface area contributed by atoms with E-state index < -0.39 is 11.2 Å². The van der Waals surface area contributed by atoms with E-state index in [1.807, 2.05) is 6.92 Å². The monoisotopic (exact) mass is 371 g/mol. The summed E-state index contributed by atoms with van der Waals surface area (Å²) in [4.78, 5) is 50.7. The topological polar surface area (TPSA) is 111 Å². The zero-order chi connectivity index (χ0) is 19.3. The van der Waals surface area contributed by atoms with Gasteiger partial charge in [-0.15, -0.1) is 0 Å². The summed E-state index contributed by atoms with van der Waals surface area (Å²) in [6.07, 6.45) is 2.22. The normalized spacial score (nSPS) is 14.6. The number of imidazole rings is 1. The quantitative estimate of drug-likeness (QED) is 0.638. The van der Waals surface area contributed by atoms with Gasteiger partial charge in [0.15, 0.2) is 5.65 Å². The van der Waals surface area contributed by atoms with E-state index in [1.165, 1.54) is 11.6 Å². The first-order valence-corrected chi connectivity index (χ1v) is 8.84. The first-order valence-electron chi connectivity index (χ1n) is 8.84. The van der Waals surface area contributed by atoms with E-state index in [0.717, 1.165) is 15.8 Å². The summed E-state index contributed by atoms with van der Waals surface area (Å²) < 4.78 is 4.03. The summed E-state index contributed by atoms with van der Waals surface area (Å²) in [5, 5.41) is 0. The van der Waals surface area contributed by atoms with E-state index in [-0.39, 0.29) is 5.56 Å². The lowest BCUT2D eigenvalue weighted by Gasteiger charge is -2.26. The van der Waals surface area contributed by atoms with Crippen LogP contribution in [-0.2, 0) is 40.2 Å². The van der Waals surface area contributed by atoms with Crippen LogP contribution in [0, 0.1) is 0 Å². The van der Waals surface area contributed by atoms with Crippen LogP contribution in [0.5, 0.6) is 0 Å². The van der Waals surface area contributed by atoms with Crippen LogP contribution in [-0.4, -0.2) is 40.1 Å². The zero-order valence-corrected chi connectivity index (χ0v) is 15.5. The minimum atomic E-state index is -0.408. The molecule has 0 fully saturated rings. The Morgan fingerprint density at radius 1 is 1.15 bits per heavy atom. The Morgan fingerprint density at radius 2 is 1.93 bits per heavy atom. The number of nitrogens with one attached hydrogen (secondary N) is 1. The lowest BCUT2D eigenvalue weighted by Crippen LogP contribution is -2.37. The zero-order valence-electron chi connectivity index (χ0n) is 15.5. The van der Waals surface area contributed by atoms with Gasteiger partial charge in [-0.3, -0.25) is 28.2 Å². The van der Waals surface area contributed by atoms with Crippen molar-refractivity contribution in [2.75, 3.05) is 6.54 Å². The third-order valence-electron chi connectivity index (χ3n) is 5.13. The van der Waals surface area contributed by atoms with Crippen molar-refractivity contribution in [2.24, 2.45) is 14.1 Å². The maximum atomic E-state index is 12.4. The average molecular weight is 371 g/mol. The highest BCUT2D eigenvalue weighted by atomic mass is 16.2. The number of fused-ring (bicyclic) bond motifs is 2. The van der Waals surface area contributed by atoms with Gasteiger partial charge in [0.2, 0.25) is 0 Å². The second-order valence-electron chi connectivity index (χ2n) is 6.81. The van der Waals surface area contributed by atoms with Gasteiger partial charge in [0.25, 0.3) is 11.1 Å². The van der Waals surface area contributed by atoms with Gasteiger partial charge in [-0.1, -0.05) is 0 Å². The Bertz CT molecular complexity index is 1210. The molecule has 3 aromatic rings. The smallest absolute Gasteiger partial charge is 0.332 e. The number of aromatic amines is 1. The molecular formula is C17H21N7O3. The summed E-state index contributed by atoms with van der Waals surface area (Å²) in [7, 11) is 3.04. The van der Waals surface area contributed by atoms with Crippen molar-refractivity contribution in [3.8, 4) is 0 Å². The van der Waals surface area contributed by atoms with Gasteiger partial charge in [0.05, 0.1) is 18.6 Å². The predicted molar refractivity (Wildman–Crippen MR) is 98.6 cm³/mol. The molecule has 0 saturated heterocycles. The van der Waals surface area contributed by atoms with Crippen molar-refractivity contribution in [1.82, 2.24) is 33.6 Å². The van der Waals surface area contributed by atoms with Crippen molar-refractivity contribution in [3.05, 3.63) is 54.6 Å². The lowest BCUT2D eigenvalue weighted by atomic mass is 10.1. The number of hydrogen-bond acceptors (Lipinski definition) is 6. The molecule has 4 rings (SSSR count). The Labute approximate surface area is 153 Å². The molecule has 0 aromatic carbocycles. The molecule has 0 bridgehead atoms. The summed E-state index contributed by atoms with van der Waals surface area (Å²) in [5.41, 5.74) is 1.46. The number of aryl methyl sites for hydroxylation is 2. The molecule has 1 aliphatic rings. The highest BCUT2D eigenvalue weighted by Gasteiger charge is 2.22. The lowest BCUT2D eigenvalue weighted by molar-refractivity contribution is 0.234. The summed E-state index contributed by atoms with van der Waals surface area (Å²) in [6, 6.07) is 0. The average Bonchev–Trinajstić information content (AvgIpc) is 3.09. The summed E-state index contributed by atoms with van der Waals surface area (Å²) in [6.45, 7) is 4.25. The molecule has 10 heteroatoms. The largest absolute Gasteiger partial charge is 0.335 e. The van der Waals surface area contributed by atoms with Crippen LogP contribution < -0.4 is 16.8 Å². The highest BCUT2D eigenvalue weighted by Crippen LogP contribution is 2.16. The van der Waals surface area contributed by atoms with Crippen LogP contribution in [0.15, 0.2) is 20.7 Å². The third kappa shape index (κ3) is 2.72. The highest BCUT2D eigenvalue weighted by molar-refractivity contribution is 5.69. The SMILES string of the molecule is CCn1cnc2c(c1=O)CCN(Cc1nc3c([nH]1)c(=O)n(C)c(=O)n3C)C2. The molecule has 0 aliphatic carbocycles. The van der Waals surface area contributed by atoms with Gasteiger partial charge in [-0.05, 0) is 13.3 Å². The van der Waals surface area contributed by atoms with E-state index in [1.54, 1.807) is 17.9 Å². The van der Waals surface area contributed by atoms with Gasteiger partial charge in [-0.2, -0.15) is 0 Å². The molecule has 1 N–H and O–H groups in total. The van der Waals surface area contributed by atoms with Crippen LogP contribution in [0.25, 0.3) is 11.2 Å². The molecule has 3 aromatic heterocycles. The molecule has 27 heavy (non-hydrogen) atoms. The Hall–Kier alpha value is -3.01. The Kier molecular flexibility index (Phi) is 4.06. The van der Waals surface area contributed by atoms with E-state index in [0.29, 0.717) is 49.6 Å². The molecule has 10 nitrogen and oxygen atoms in total. The molecule has 4 heterocycles. The van der Waals surface area contributed by atoms with Gasteiger partial charge < -0.3 is 4.98 Å². The van der Waals surface area contributed by atoms with Crippen LogP contribution in [0.1, 0.15) is 24.0 Å². The molecular weight excluding hydrogens is 350 g/mol. The molecule has 0 spiro atoms. The van der Waals surface area contributed by atoms with E-state index in [2.05, 4.69) is 19.9 Å². The van der Waals surface area contributed by atoms with E-state index >= 15 is 0 Å². The predicted octanol–water partition coefficient (Wildman–Crippen LogP) is -0.905.